The molecule has 0 aliphatic heterocycles. The van der Waals surface area contributed by atoms with E-state index in [1.807, 2.05) is 24.4 Å². The Morgan fingerprint density at radius 2 is 1.97 bits per heavy atom. The van der Waals surface area contributed by atoms with Crippen LogP contribution in [-0.2, 0) is 4.79 Å². The number of hydrogen-bond acceptors (Lipinski definition) is 2. The highest BCUT2D eigenvalue weighted by atomic mass is 35.5. The molecule has 5 heteroatoms. The van der Waals surface area contributed by atoms with Gasteiger partial charge in [-0.1, -0.05) is 23.3 Å². The van der Waals surface area contributed by atoms with Crippen LogP contribution in [0.3, 0.4) is 0 Å². The number of pyridine rings is 1. The zero-order chi connectivity index (χ0) is 20.7. The molecule has 0 spiro atoms. The van der Waals surface area contributed by atoms with Crippen molar-refractivity contribution in [3.63, 3.8) is 0 Å². The molecule has 0 saturated heterocycles. The van der Waals surface area contributed by atoms with Crippen molar-refractivity contribution in [1.82, 2.24) is 4.98 Å². The van der Waals surface area contributed by atoms with Crippen LogP contribution >= 0.6 is 11.6 Å². The molecule has 5 rings (SSSR count). The number of fused-ring (bicyclic) bond motifs is 2. The number of carbonyl (C=O) groups excluding carboxylic acids is 1. The van der Waals surface area contributed by atoms with Crippen molar-refractivity contribution >= 4 is 34.1 Å². The number of halogens is 2. The Labute approximate surface area is 180 Å². The van der Waals surface area contributed by atoms with Crippen molar-refractivity contribution in [3.05, 3.63) is 82.8 Å². The van der Waals surface area contributed by atoms with Gasteiger partial charge >= 0.3 is 0 Å². The van der Waals surface area contributed by atoms with Gasteiger partial charge in [0.25, 0.3) is 0 Å². The number of benzene rings is 2. The number of hydrogen-bond donors (Lipinski definition) is 1. The minimum Gasteiger partial charge on any atom is -0.326 e. The van der Waals surface area contributed by atoms with Gasteiger partial charge in [0.1, 0.15) is 5.82 Å². The van der Waals surface area contributed by atoms with E-state index in [1.165, 1.54) is 17.2 Å². The zero-order valence-corrected chi connectivity index (χ0v) is 17.2. The summed E-state index contributed by atoms with van der Waals surface area (Å²) in [6.07, 6.45) is 7.64. The summed E-state index contributed by atoms with van der Waals surface area (Å²) in [5.41, 5.74) is 4.03. The van der Waals surface area contributed by atoms with E-state index in [1.54, 1.807) is 24.3 Å². The molecule has 3 aromatic rings. The van der Waals surface area contributed by atoms with E-state index in [2.05, 4.69) is 16.4 Å². The van der Waals surface area contributed by atoms with Crippen molar-refractivity contribution in [2.45, 2.75) is 31.6 Å². The predicted molar refractivity (Wildman–Crippen MR) is 118 cm³/mol. The SMILES string of the molecule is O=C(CC1=C[C@H]2C[C@@H](c3ccnc4ccc(F)cc34)C[C@H]2C1)Nc1ccc(Cl)cc1. The van der Waals surface area contributed by atoms with Gasteiger partial charge in [-0.15, -0.1) is 0 Å². The van der Waals surface area contributed by atoms with Crippen LogP contribution in [0.15, 0.2) is 66.4 Å². The number of amides is 1. The van der Waals surface area contributed by atoms with Gasteiger partial charge in [-0.3, -0.25) is 9.78 Å². The summed E-state index contributed by atoms with van der Waals surface area (Å²) in [5, 5.41) is 4.52. The van der Waals surface area contributed by atoms with Gasteiger partial charge in [0, 0.05) is 28.7 Å². The molecule has 1 heterocycles. The smallest absolute Gasteiger partial charge is 0.228 e. The first-order valence-corrected chi connectivity index (χ1v) is 10.7. The van der Waals surface area contributed by atoms with Crippen LogP contribution in [0.1, 0.15) is 37.2 Å². The lowest BCUT2D eigenvalue weighted by Gasteiger charge is -2.14. The largest absolute Gasteiger partial charge is 0.326 e. The molecule has 152 valence electrons. The second-order valence-corrected chi connectivity index (χ2v) is 8.85. The lowest BCUT2D eigenvalue weighted by atomic mass is 9.91. The molecule has 2 aliphatic carbocycles. The van der Waals surface area contributed by atoms with Gasteiger partial charge in [-0.05, 0) is 91.1 Å². The van der Waals surface area contributed by atoms with E-state index >= 15 is 0 Å². The van der Waals surface area contributed by atoms with Crippen LogP contribution in [-0.4, -0.2) is 10.9 Å². The van der Waals surface area contributed by atoms with E-state index in [9.17, 15) is 9.18 Å². The second kappa shape index (κ2) is 7.84. The summed E-state index contributed by atoms with van der Waals surface area (Å²) in [4.78, 5) is 16.8. The summed E-state index contributed by atoms with van der Waals surface area (Å²) in [7, 11) is 0. The molecule has 0 bridgehead atoms. The number of nitrogens with one attached hydrogen (secondary N) is 1. The maximum atomic E-state index is 13.8. The maximum Gasteiger partial charge on any atom is 0.228 e. The number of carbonyl (C=O) groups is 1. The Kier molecular flexibility index (Phi) is 5.03. The second-order valence-electron chi connectivity index (χ2n) is 8.41. The Hall–Kier alpha value is -2.72. The van der Waals surface area contributed by atoms with Gasteiger partial charge in [0.2, 0.25) is 5.91 Å². The van der Waals surface area contributed by atoms with Gasteiger partial charge < -0.3 is 5.32 Å². The molecule has 1 saturated carbocycles. The molecule has 30 heavy (non-hydrogen) atoms. The first-order chi connectivity index (χ1) is 14.5. The summed E-state index contributed by atoms with van der Waals surface area (Å²) in [6, 6.07) is 14.0. The topological polar surface area (TPSA) is 42.0 Å². The van der Waals surface area contributed by atoms with Gasteiger partial charge in [-0.25, -0.2) is 4.39 Å². The number of nitrogens with zero attached hydrogens (tertiary/aromatic N) is 1. The summed E-state index contributed by atoms with van der Waals surface area (Å²) < 4.78 is 13.8. The van der Waals surface area contributed by atoms with Crippen LogP contribution < -0.4 is 5.32 Å². The number of anilines is 1. The summed E-state index contributed by atoms with van der Waals surface area (Å²) in [6.45, 7) is 0. The molecule has 0 unspecified atom stereocenters. The standard InChI is InChI=1S/C25H22ClFN2O/c26-19-1-4-21(5-2-19)29-25(30)11-15-9-16-12-18(13-17(16)10-15)22-7-8-28-24-6-3-20(27)14-23(22)24/h1-9,14,16-18H,10-13H2,(H,29,30)/t16-,17+,18+/m0/s1. The molecule has 3 nitrogen and oxygen atoms in total. The van der Waals surface area contributed by atoms with Gasteiger partial charge in [-0.2, -0.15) is 0 Å². The molecular weight excluding hydrogens is 399 g/mol. The highest BCUT2D eigenvalue weighted by Crippen LogP contribution is 2.51. The Morgan fingerprint density at radius 1 is 1.13 bits per heavy atom. The number of allylic oxidation sites excluding steroid dienone is 1. The average Bonchev–Trinajstić information content (AvgIpc) is 3.27. The van der Waals surface area contributed by atoms with E-state index < -0.39 is 0 Å². The predicted octanol–water partition coefficient (Wildman–Crippen LogP) is 6.50. The Morgan fingerprint density at radius 3 is 2.77 bits per heavy atom. The number of rotatable bonds is 4. The molecule has 2 aliphatic rings. The van der Waals surface area contributed by atoms with Crippen LogP contribution in [0, 0.1) is 17.7 Å². The lowest BCUT2D eigenvalue weighted by molar-refractivity contribution is -0.115. The van der Waals surface area contributed by atoms with Crippen molar-refractivity contribution in [2.75, 3.05) is 5.32 Å². The first-order valence-electron chi connectivity index (χ1n) is 10.3. The van der Waals surface area contributed by atoms with E-state index in [-0.39, 0.29) is 11.7 Å². The third-order valence-electron chi connectivity index (χ3n) is 6.42. The maximum absolute atomic E-state index is 13.8. The third-order valence-corrected chi connectivity index (χ3v) is 6.67. The van der Waals surface area contributed by atoms with Crippen molar-refractivity contribution in [2.24, 2.45) is 11.8 Å². The van der Waals surface area contributed by atoms with E-state index in [0.717, 1.165) is 35.9 Å². The Bertz CT molecular complexity index is 1140. The van der Waals surface area contributed by atoms with Crippen molar-refractivity contribution < 1.29 is 9.18 Å². The highest BCUT2D eigenvalue weighted by molar-refractivity contribution is 6.30. The molecule has 1 N–H and O–H groups in total. The third kappa shape index (κ3) is 3.84. The van der Waals surface area contributed by atoms with Crippen LogP contribution in [0.2, 0.25) is 5.02 Å². The van der Waals surface area contributed by atoms with E-state index in [4.69, 9.17) is 11.6 Å². The van der Waals surface area contributed by atoms with Crippen LogP contribution in [0.25, 0.3) is 10.9 Å². The fourth-order valence-electron chi connectivity index (χ4n) is 5.13. The van der Waals surface area contributed by atoms with Gasteiger partial charge in [0.05, 0.1) is 5.52 Å². The molecule has 1 aromatic heterocycles. The molecule has 3 atom stereocenters. The quantitative estimate of drug-likeness (QED) is 0.490. The van der Waals surface area contributed by atoms with Crippen LogP contribution in [0.4, 0.5) is 10.1 Å². The number of aromatic nitrogens is 1. The van der Waals surface area contributed by atoms with Crippen molar-refractivity contribution in [1.29, 1.82) is 0 Å². The molecule has 2 aromatic carbocycles. The molecule has 1 amide bonds. The summed E-state index contributed by atoms with van der Waals surface area (Å²) in [5.74, 6) is 1.25. The first kappa shape index (κ1) is 19.3. The van der Waals surface area contributed by atoms with Gasteiger partial charge in [0.15, 0.2) is 0 Å². The van der Waals surface area contributed by atoms with E-state index in [0.29, 0.717) is 29.2 Å². The summed E-state index contributed by atoms with van der Waals surface area (Å²) >= 11 is 5.89. The minimum absolute atomic E-state index is 0.00991. The fraction of sp³-hybridized carbons (Fsp3) is 0.280. The minimum atomic E-state index is -0.219. The fourth-order valence-corrected chi connectivity index (χ4v) is 5.26. The average molecular weight is 421 g/mol. The highest BCUT2D eigenvalue weighted by Gasteiger charge is 2.38. The Balaban J connectivity index is 1.26. The normalized spacial score (nSPS) is 22.7. The zero-order valence-electron chi connectivity index (χ0n) is 16.4. The lowest BCUT2D eigenvalue weighted by Crippen LogP contribution is -2.12. The molecule has 0 radical (unpaired) electrons. The van der Waals surface area contributed by atoms with Crippen molar-refractivity contribution in [3.8, 4) is 0 Å². The molecular formula is C25H22ClFN2O. The van der Waals surface area contributed by atoms with Crippen LogP contribution in [0.5, 0.6) is 0 Å². The monoisotopic (exact) mass is 420 g/mol. The molecule has 1 fully saturated rings.